The van der Waals surface area contributed by atoms with Gasteiger partial charge in [-0.05, 0) is 48.5 Å². The summed E-state index contributed by atoms with van der Waals surface area (Å²) in [7, 11) is -6.00. The van der Waals surface area contributed by atoms with E-state index in [1.807, 2.05) is 91.3 Å². The number of nitrogens with zero attached hydrogens (tertiary/aromatic N) is 2. The molecule has 0 saturated carbocycles. The molecule has 7 rings (SSSR count). The summed E-state index contributed by atoms with van der Waals surface area (Å²) in [5.74, 6) is -1.64. The smallest absolute Gasteiger partial charge is 0.418 e. The van der Waals surface area contributed by atoms with E-state index in [2.05, 4.69) is 9.48 Å². The third-order valence-electron chi connectivity index (χ3n) is 8.74. The van der Waals surface area contributed by atoms with Crippen LogP contribution in [0.2, 0.25) is 0 Å². The molecule has 1 heterocycles. The fraction of sp³-hybridized carbons (Fsp3) is 0.0976. The van der Waals surface area contributed by atoms with Gasteiger partial charge < -0.3 is 17.3 Å². The minimum Gasteiger partial charge on any atom is -0.418 e. The highest BCUT2D eigenvalue weighted by molar-refractivity contribution is 6.50. The van der Waals surface area contributed by atoms with Crippen LogP contribution in [0.3, 0.4) is 0 Å². The molecule has 264 valence electrons. The van der Waals surface area contributed by atoms with Gasteiger partial charge in [0.2, 0.25) is 6.34 Å². The lowest BCUT2D eigenvalue weighted by Gasteiger charge is -2.31. The molecule has 1 aliphatic rings. The quantitative estimate of drug-likeness (QED) is 0.0864. The summed E-state index contributed by atoms with van der Waals surface area (Å²) >= 11 is 0. The third-order valence-corrected chi connectivity index (χ3v) is 8.74. The van der Waals surface area contributed by atoms with E-state index in [9.17, 15) is 34.8 Å². The molecule has 0 spiro atoms. The molecule has 0 N–H and O–H groups in total. The zero-order valence-electron chi connectivity index (χ0n) is 27.4. The molecular formula is C41H31BF8N2. The fourth-order valence-corrected chi connectivity index (χ4v) is 6.87. The number of halogens is 8. The van der Waals surface area contributed by atoms with E-state index in [1.54, 1.807) is 24.3 Å². The molecule has 6 aromatic rings. The predicted molar refractivity (Wildman–Crippen MR) is 186 cm³/mol. The predicted octanol–water partition coefficient (Wildman–Crippen LogP) is 11.3. The zero-order chi connectivity index (χ0) is 36.8. The number of hydrogen-bond donors (Lipinski definition) is 0. The summed E-state index contributed by atoms with van der Waals surface area (Å²) < 4.78 is 101. The van der Waals surface area contributed by atoms with Gasteiger partial charge in [-0.3, -0.25) is 0 Å². The second-order valence-electron chi connectivity index (χ2n) is 12.2. The molecule has 0 aliphatic carbocycles. The van der Waals surface area contributed by atoms with Gasteiger partial charge in [0.1, 0.15) is 35.4 Å². The largest absolute Gasteiger partial charge is 0.673 e. The van der Waals surface area contributed by atoms with Crippen molar-refractivity contribution in [3.8, 4) is 0 Å². The van der Waals surface area contributed by atoms with Gasteiger partial charge in [0.25, 0.3) is 0 Å². The highest BCUT2D eigenvalue weighted by atomic mass is 19.5. The Balaban J connectivity index is 0.000000870. The lowest BCUT2D eigenvalue weighted by atomic mass is 9.88. The van der Waals surface area contributed by atoms with E-state index in [0.29, 0.717) is 22.3 Å². The van der Waals surface area contributed by atoms with Crippen LogP contribution in [0.5, 0.6) is 0 Å². The van der Waals surface area contributed by atoms with Crippen LogP contribution in [0.4, 0.5) is 34.8 Å². The second kappa shape index (κ2) is 15.7. The van der Waals surface area contributed by atoms with Gasteiger partial charge in [-0.1, -0.05) is 109 Å². The first-order chi connectivity index (χ1) is 25.0. The van der Waals surface area contributed by atoms with E-state index in [4.69, 9.17) is 0 Å². The lowest BCUT2D eigenvalue weighted by Crippen LogP contribution is -2.31. The average molecular weight is 715 g/mol. The van der Waals surface area contributed by atoms with E-state index in [-0.39, 0.29) is 12.1 Å². The Morgan fingerprint density at radius 3 is 1.23 bits per heavy atom. The summed E-state index contributed by atoms with van der Waals surface area (Å²) in [4.78, 5) is 2.13. The Morgan fingerprint density at radius 2 is 0.827 bits per heavy atom. The number of hydrogen-bond acceptors (Lipinski definition) is 1. The van der Waals surface area contributed by atoms with Crippen LogP contribution in [-0.2, 0) is 0 Å². The molecule has 0 aromatic heterocycles. The van der Waals surface area contributed by atoms with Crippen molar-refractivity contribution in [1.82, 2.24) is 4.90 Å². The summed E-state index contributed by atoms with van der Waals surface area (Å²) in [6, 6.07) is 43.3. The monoisotopic (exact) mass is 714 g/mol. The van der Waals surface area contributed by atoms with Crippen molar-refractivity contribution in [1.29, 1.82) is 0 Å². The van der Waals surface area contributed by atoms with E-state index >= 15 is 0 Å². The lowest BCUT2D eigenvalue weighted by molar-refractivity contribution is -0.596. The van der Waals surface area contributed by atoms with Crippen LogP contribution >= 0.6 is 0 Å². The minimum atomic E-state index is -6.00. The van der Waals surface area contributed by atoms with Crippen molar-refractivity contribution in [3.05, 3.63) is 214 Å². The Kier molecular flexibility index (Phi) is 10.9. The van der Waals surface area contributed by atoms with Crippen LogP contribution in [-0.4, -0.2) is 23.1 Å². The summed E-state index contributed by atoms with van der Waals surface area (Å²) in [6.07, 6.45) is 1.97. The van der Waals surface area contributed by atoms with Crippen molar-refractivity contribution in [2.45, 2.75) is 24.2 Å². The Bertz CT molecular complexity index is 2050. The second-order valence-corrected chi connectivity index (χ2v) is 12.2. The maximum atomic E-state index is 14.9. The number of rotatable bonds is 8. The van der Waals surface area contributed by atoms with Gasteiger partial charge in [-0.2, -0.15) is 0 Å². The highest BCUT2D eigenvalue weighted by Crippen LogP contribution is 2.49. The van der Waals surface area contributed by atoms with Crippen LogP contribution in [0, 0.1) is 23.3 Å². The number of benzene rings is 6. The average Bonchev–Trinajstić information content (AvgIpc) is 3.48. The molecule has 6 aromatic carbocycles. The molecule has 0 bridgehead atoms. The first-order valence-electron chi connectivity index (χ1n) is 16.4. The zero-order valence-corrected chi connectivity index (χ0v) is 27.4. The van der Waals surface area contributed by atoms with Gasteiger partial charge in [0, 0.05) is 33.4 Å². The molecule has 0 saturated heterocycles. The van der Waals surface area contributed by atoms with Gasteiger partial charge in [0.05, 0.1) is 0 Å². The molecule has 0 amide bonds. The van der Waals surface area contributed by atoms with Gasteiger partial charge in [-0.25, -0.2) is 27.0 Å². The minimum absolute atomic E-state index is 0.389. The van der Waals surface area contributed by atoms with Gasteiger partial charge in [0.15, 0.2) is 12.1 Å². The summed E-state index contributed by atoms with van der Waals surface area (Å²) in [5.41, 5.74) is 4.47. The molecule has 0 radical (unpaired) electrons. The highest BCUT2D eigenvalue weighted by Gasteiger charge is 2.50. The maximum absolute atomic E-state index is 14.9. The van der Waals surface area contributed by atoms with Crippen LogP contribution in [0.1, 0.15) is 57.5 Å². The van der Waals surface area contributed by atoms with Crippen LogP contribution in [0.25, 0.3) is 0 Å². The van der Waals surface area contributed by atoms with Crippen molar-refractivity contribution in [2.24, 2.45) is 0 Å². The first-order valence-corrected chi connectivity index (χ1v) is 16.4. The van der Waals surface area contributed by atoms with Crippen LogP contribution in [0.15, 0.2) is 158 Å². The van der Waals surface area contributed by atoms with Gasteiger partial charge >= 0.3 is 7.25 Å². The Hall–Kier alpha value is -5.71. The maximum Gasteiger partial charge on any atom is 0.673 e. The fourth-order valence-electron chi connectivity index (χ4n) is 6.87. The molecule has 11 heteroatoms. The van der Waals surface area contributed by atoms with Crippen molar-refractivity contribution in [3.63, 3.8) is 0 Å². The molecule has 52 heavy (non-hydrogen) atoms. The molecule has 2 atom stereocenters. The summed E-state index contributed by atoms with van der Waals surface area (Å²) in [5, 5.41) is 0. The summed E-state index contributed by atoms with van der Waals surface area (Å²) in [6.45, 7) is 0. The normalized spacial score (nSPS) is 15.7. The molecule has 2 nitrogen and oxygen atoms in total. The molecule has 0 unspecified atom stereocenters. The van der Waals surface area contributed by atoms with Crippen molar-refractivity contribution >= 4 is 13.6 Å². The standard InChI is InChI=1S/C41H31F4N2.BF4/c42-34-19-7-15-30(23-34)38(31-16-8-20-35(43)24-31)46-27-47(39(32-17-9-21-36(44)25-32)33-18-10-22-37(45)26-33)41(29-13-5-2-6-14-29)40(46)28-11-3-1-4-12-28;2-1(3,4)5/h1-27,38-41H;/q+1;-1/t40-,41-;/m0./s1. The van der Waals surface area contributed by atoms with Crippen LogP contribution < -0.4 is 0 Å². The van der Waals surface area contributed by atoms with E-state index in [1.165, 1.54) is 48.5 Å². The van der Waals surface area contributed by atoms with E-state index < -0.39 is 42.6 Å². The molecule has 0 fully saturated rings. The van der Waals surface area contributed by atoms with Gasteiger partial charge in [-0.15, -0.1) is 0 Å². The van der Waals surface area contributed by atoms with Crippen molar-refractivity contribution < 1.29 is 39.4 Å². The van der Waals surface area contributed by atoms with E-state index in [0.717, 1.165) is 11.1 Å². The first kappa shape index (κ1) is 36.1. The Labute approximate surface area is 296 Å². The molecular weight excluding hydrogens is 683 g/mol. The SMILES string of the molecule is F[B-](F)(F)F.Fc1cccc(C(c2cccc(F)c2)N2C=[N+](C(c3cccc(F)c3)c3cccc(F)c3)[C@@H](c3ccccc3)[C@@H]2c2ccccc2)c1. The third kappa shape index (κ3) is 8.59. The topological polar surface area (TPSA) is 6.25 Å². The van der Waals surface area contributed by atoms with Crippen molar-refractivity contribution in [2.75, 3.05) is 0 Å². The Morgan fingerprint density at radius 1 is 0.462 bits per heavy atom. The molecule has 1 aliphatic heterocycles.